The van der Waals surface area contributed by atoms with Crippen molar-refractivity contribution in [2.45, 2.75) is 5.92 Å². The number of aliphatic imine (C=N–C) groups is 1. The molecule has 0 unspecified atom stereocenters. The van der Waals surface area contributed by atoms with E-state index in [4.69, 9.17) is 13.8 Å². The Morgan fingerprint density at radius 2 is 1.16 bits per heavy atom. The number of benzene rings is 6. The molecule has 0 N–H and O–H groups in total. The fourth-order valence-corrected chi connectivity index (χ4v) is 7.12. The van der Waals surface area contributed by atoms with E-state index in [-0.39, 0.29) is 5.92 Å². The minimum absolute atomic E-state index is 0.00583. The van der Waals surface area contributed by atoms with Gasteiger partial charge < -0.3 is 8.83 Å². The van der Waals surface area contributed by atoms with E-state index in [1.807, 2.05) is 30.3 Å². The summed E-state index contributed by atoms with van der Waals surface area (Å²) in [4.78, 5) is 5.35. The molecule has 0 amide bonds. The van der Waals surface area contributed by atoms with Crippen LogP contribution in [0.4, 0.5) is 0 Å². The maximum Gasteiger partial charge on any atom is 0.137 e. The fraction of sp³-hybridized carbons (Fsp3) is 0.0250. The first-order chi connectivity index (χ1) is 21.8. The van der Waals surface area contributed by atoms with Crippen LogP contribution in [-0.4, -0.2) is 10.4 Å². The lowest BCUT2D eigenvalue weighted by atomic mass is 9.97. The summed E-state index contributed by atoms with van der Waals surface area (Å²) in [7, 11) is 0. The highest BCUT2D eigenvalue weighted by Crippen LogP contribution is 2.43. The van der Waals surface area contributed by atoms with Crippen LogP contribution in [0.15, 0.2) is 153 Å². The zero-order chi connectivity index (χ0) is 28.8. The van der Waals surface area contributed by atoms with Crippen molar-refractivity contribution in [2.24, 2.45) is 4.99 Å². The van der Waals surface area contributed by atoms with Crippen molar-refractivity contribution in [1.29, 1.82) is 0 Å². The highest BCUT2D eigenvalue weighted by Gasteiger charge is 2.28. The Labute approximate surface area is 251 Å². The minimum Gasteiger partial charge on any atom is -0.456 e. The van der Waals surface area contributed by atoms with Crippen molar-refractivity contribution in [3.63, 3.8) is 0 Å². The van der Waals surface area contributed by atoms with Crippen LogP contribution in [0, 0.1) is 0 Å². The topological polar surface area (TPSA) is 43.6 Å². The zero-order valence-corrected chi connectivity index (χ0v) is 23.6. The van der Waals surface area contributed by atoms with E-state index in [0.717, 1.165) is 72.0 Å². The molecule has 0 spiro atoms. The Morgan fingerprint density at radius 1 is 0.500 bits per heavy atom. The number of fused-ring (bicyclic) bond motifs is 10. The molecule has 10 rings (SSSR count). The molecule has 4 heteroatoms. The Bertz CT molecular complexity index is 2650. The third-order valence-electron chi connectivity index (χ3n) is 9.06. The molecule has 4 nitrogen and oxygen atoms in total. The van der Waals surface area contributed by atoms with E-state index in [1.54, 1.807) is 0 Å². The van der Waals surface area contributed by atoms with Crippen LogP contribution in [0.2, 0.25) is 0 Å². The molecule has 1 atom stereocenters. The number of hydrogen-bond acceptors (Lipinski definition) is 3. The van der Waals surface area contributed by atoms with E-state index < -0.39 is 0 Å². The Morgan fingerprint density at radius 3 is 1.98 bits per heavy atom. The van der Waals surface area contributed by atoms with Gasteiger partial charge in [-0.05, 0) is 47.5 Å². The highest BCUT2D eigenvalue weighted by atomic mass is 16.3. The Balaban J connectivity index is 1.29. The van der Waals surface area contributed by atoms with Gasteiger partial charge in [0.05, 0.1) is 22.6 Å². The summed E-state index contributed by atoms with van der Waals surface area (Å²) >= 11 is 0. The van der Waals surface area contributed by atoms with Gasteiger partial charge >= 0.3 is 0 Å². The first-order valence-electron chi connectivity index (χ1n) is 14.9. The summed E-state index contributed by atoms with van der Waals surface area (Å²) in [6.07, 6.45) is 2.29. The van der Waals surface area contributed by atoms with Crippen LogP contribution >= 0.6 is 0 Å². The standard InChI is InChI=1S/C40H24N2O2/c1-3-11-24(12-4-1)28-22-31(25-13-5-2-6-14-25)41-40(28)42-32-17-9-7-15-26(32)29-21-30-37(23-33(29)42)44-36-20-19-35-38(39(30)36)27-16-8-10-18-34(27)43-35/h1-23,28H/t28-/m0/s1. The number of para-hydroxylation sites is 2. The number of furan rings is 2. The van der Waals surface area contributed by atoms with E-state index >= 15 is 0 Å². The monoisotopic (exact) mass is 564 g/mol. The highest BCUT2D eigenvalue weighted by molar-refractivity contribution is 6.28. The molecule has 0 radical (unpaired) electrons. The maximum atomic E-state index is 6.59. The van der Waals surface area contributed by atoms with Crippen molar-refractivity contribution in [2.75, 3.05) is 0 Å². The second-order valence-electron chi connectivity index (χ2n) is 11.5. The average Bonchev–Trinajstić information content (AvgIpc) is 3.84. The SMILES string of the molecule is C1=C(c2ccccc2)N=C(n2c3ccccc3c3cc4c(cc32)oc2ccc3oc5ccccc5c3c24)[C@@H]1c1ccccc1. The largest absolute Gasteiger partial charge is 0.456 e. The summed E-state index contributed by atoms with van der Waals surface area (Å²) in [6.45, 7) is 0. The molecule has 0 fully saturated rings. The predicted octanol–water partition coefficient (Wildman–Crippen LogP) is 10.7. The second-order valence-corrected chi connectivity index (χ2v) is 11.5. The Kier molecular flexibility index (Phi) is 4.74. The third-order valence-corrected chi connectivity index (χ3v) is 9.06. The van der Waals surface area contributed by atoms with Crippen LogP contribution in [0.25, 0.3) is 71.4 Å². The molecular formula is C40H24N2O2. The molecule has 3 aromatic heterocycles. The van der Waals surface area contributed by atoms with Gasteiger partial charge in [0.25, 0.3) is 0 Å². The number of rotatable bonds is 2. The van der Waals surface area contributed by atoms with Crippen LogP contribution in [0.5, 0.6) is 0 Å². The quantitative estimate of drug-likeness (QED) is 0.210. The summed E-state index contributed by atoms with van der Waals surface area (Å²) in [5, 5.41) is 6.73. The van der Waals surface area contributed by atoms with Crippen molar-refractivity contribution >= 4 is 77.2 Å². The summed E-state index contributed by atoms with van der Waals surface area (Å²) < 4.78 is 15.2. The lowest BCUT2D eigenvalue weighted by Crippen LogP contribution is -2.17. The number of aromatic nitrogens is 1. The fourth-order valence-electron chi connectivity index (χ4n) is 7.12. The first kappa shape index (κ1) is 23.7. The van der Waals surface area contributed by atoms with Gasteiger partial charge in [-0.15, -0.1) is 0 Å². The molecule has 206 valence electrons. The number of nitrogens with zero attached hydrogens (tertiary/aromatic N) is 2. The van der Waals surface area contributed by atoms with Crippen LogP contribution in [0.1, 0.15) is 17.0 Å². The number of hydrogen-bond donors (Lipinski definition) is 0. The van der Waals surface area contributed by atoms with Gasteiger partial charge in [-0.3, -0.25) is 4.57 Å². The van der Waals surface area contributed by atoms with Crippen molar-refractivity contribution < 1.29 is 8.83 Å². The van der Waals surface area contributed by atoms with Gasteiger partial charge in [0.15, 0.2) is 0 Å². The van der Waals surface area contributed by atoms with Crippen molar-refractivity contribution in [3.8, 4) is 0 Å². The van der Waals surface area contributed by atoms with Crippen LogP contribution in [-0.2, 0) is 0 Å². The number of allylic oxidation sites excluding steroid dienone is 1. The van der Waals surface area contributed by atoms with Crippen molar-refractivity contribution in [1.82, 2.24) is 4.57 Å². The smallest absolute Gasteiger partial charge is 0.137 e. The molecule has 44 heavy (non-hydrogen) atoms. The molecule has 0 saturated heterocycles. The molecule has 0 aliphatic carbocycles. The lowest BCUT2D eigenvalue weighted by Gasteiger charge is -2.16. The second kappa shape index (κ2) is 8.82. The van der Waals surface area contributed by atoms with Gasteiger partial charge in [0.1, 0.15) is 28.2 Å². The zero-order valence-electron chi connectivity index (χ0n) is 23.6. The van der Waals surface area contributed by atoms with Gasteiger partial charge in [-0.1, -0.05) is 97.1 Å². The van der Waals surface area contributed by atoms with E-state index in [1.165, 1.54) is 16.3 Å². The molecule has 4 heterocycles. The maximum absolute atomic E-state index is 6.59. The molecule has 1 aliphatic rings. The summed E-state index contributed by atoms with van der Waals surface area (Å²) in [6, 6.07) is 46.5. The Hall–Kier alpha value is -5.87. The first-order valence-corrected chi connectivity index (χ1v) is 14.9. The average molecular weight is 565 g/mol. The van der Waals surface area contributed by atoms with Gasteiger partial charge in [0, 0.05) is 38.4 Å². The van der Waals surface area contributed by atoms with Crippen molar-refractivity contribution in [3.05, 3.63) is 151 Å². The molecule has 0 bridgehead atoms. The van der Waals surface area contributed by atoms with Crippen LogP contribution in [0.3, 0.4) is 0 Å². The molecule has 0 saturated carbocycles. The van der Waals surface area contributed by atoms with E-state index in [9.17, 15) is 0 Å². The van der Waals surface area contributed by atoms with E-state index in [0.29, 0.717) is 0 Å². The predicted molar refractivity (Wildman–Crippen MR) is 180 cm³/mol. The molecule has 6 aromatic carbocycles. The lowest BCUT2D eigenvalue weighted by molar-refractivity contribution is 0.663. The van der Waals surface area contributed by atoms with Gasteiger partial charge in [-0.25, -0.2) is 4.99 Å². The van der Waals surface area contributed by atoms with Gasteiger partial charge in [0.2, 0.25) is 0 Å². The summed E-state index contributed by atoms with van der Waals surface area (Å²) in [5.41, 5.74) is 8.97. The summed E-state index contributed by atoms with van der Waals surface area (Å²) in [5.74, 6) is 0.980. The van der Waals surface area contributed by atoms with E-state index in [2.05, 4.69) is 114 Å². The van der Waals surface area contributed by atoms with Crippen LogP contribution < -0.4 is 0 Å². The van der Waals surface area contributed by atoms with Gasteiger partial charge in [-0.2, -0.15) is 0 Å². The molecular weight excluding hydrogens is 540 g/mol. The molecule has 1 aliphatic heterocycles. The minimum atomic E-state index is -0.00583. The third kappa shape index (κ3) is 3.25. The molecule has 9 aromatic rings. The normalized spacial score (nSPS) is 15.3.